The SMILES string of the molecule is CC.CNc1cc(CN2C(=O)N(c3ccc(SC(F)(F)F)c(Cl)c3)C(=O)C2(C)C)ccn1. The van der Waals surface area contributed by atoms with Crippen LogP contribution in [0.25, 0.3) is 0 Å². The second kappa shape index (κ2) is 9.99. The number of hydrogen-bond acceptors (Lipinski definition) is 5. The summed E-state index contributed by atoms with van der Waals surface area (Å²) in [5, 5.41) is 2.71. The van der Waals surface area contributed by atoms with Crippen molar-refractivity contribution in [2.24, 2.45) is 0 Å². The highest BCUT2D eigenvalue weighted by molar-refractivity contribution is 8.00. The van der Waals surface area contributed by atoms with E-state index in [4.69, 9.17) is 11.6 Å². The minimum atomic E-state index is -4.50. The molecule has 1 saturated heterocycles. The van der Waals surface area contributed by atoms with Crippen molar-refractivity contribution in [3.05, 3.63) is 47.1 Å². The second-order valence-electron chi connectivity index (χ2n) is 7.03. The number of nitrogens with one attached hydrogen (secondary N) is 1. The molecule has 0 unspecified atom stereocenters. The molecule has 0 radical (unpaired) electrons. The van der Waals surface area contributed by atoms with E-state index in [1.165, 1.54) is 17.0 Å². The van der Waals surface area contributed by atoms with E-state index in [9.17, 15) is 22.8 Å². The van der Waals surface area contributed by atoms with Crippen molar-refractivity contribution in [2.75, 3.05) is 17.3 Å². The Labute approximate surface area is 194 Å². The minimum Gasteiger partial charge on any atom is -0.373 e. The Bertz CT molecular complexity index is 1000. The third-order valence-electron chi connectivity index (χ3n) is 4.64. The Kier molecular flexibility index (Phi) is 8.06. The first-order valence-corrected chi connectivity index (χ1v) is 11.0. The average molecular weight is 489 g/mol. The predicted molar refractivity (Wildman–Crippen MR) is 121 cm³/mol. The number of rotatable bonds is 5. The molecule has 6 nitrogen and oxygen atoms in total. The molecule has 0 bridgehead atoms. The van der Waals surface area contributed by atoms with Crippen LogP contribution in [0.3, 0.4) is 0 Å². The summed E-state index contributed by atoms with van der Waals surface area (Å²) in [7, 11) is 1.72. The van der Waals surface area contributed by atoms with Crippen LogP contribution in [0.2, 0.25) is 5.02 Å². The first-order chi connectivity index (χ1) is 14.9. The first-order valence-electron chi connectivity index (χ1n) is 9.78. The molecular formula is C21H24ClF3N4O2S. The topological polar surface area (TPSA) is 65.5 Å². The van der Waals surface area contributed by atoms with E-state index in [1.54, 1.807) is 39.2 Å². The number of pyridine rings is 1. The largest absolute Gasteiger partial charge is 0.446 e. The number of carbonyl (C=O) groups excluding carboxylic acids is 2. The van der Waals surface area contributed by atoms with E-state index in [2.05, 4.69) is 10.3 Å². The molecule has 2 heterocycles. The summed E-state index contributed by atoms with van der Waals surface area (Å²) in [5.74, 6) is 0.118. The number of hydrogen-bond donors (Lipinski definition) is 1. The van der Waals surface area contributed by atoms with Crippen LogP contribution in [0, 0.1) is 0 Å². The Hall–Kier alpha value is -2.46. The van der Waals surface area contributed by atoms with Crippen LogP contribution in [0.15, 0.2) is 41.4 Å². The van der Waals surface area contributed by atoms with E-state index in [0.717, 1.165) is 16.5 Å². The first kappa shape index (κ1) is 25.8. The fraction of sp³-hybridized carbons (Fsp3) is 0.381. The number of thioether (sulfide) groups is 1. The average Bonchev–Trinajstić information content (AvgIpc) is 2.90. The van der Waals surface area contributed by atoms with Gasteiger partial charge in [-0.1, -0.05) is 25.4 Å². The monoisotopic (exact) mass is 488 g/mol. The van der Waals surface area contributed by atoms with Gasteiger partial charge in [0.25, 0.3) is 5.91 Å². The summed E-state index contributed by atoms with van der Waals surface area (Å²) in [4.78, 5) is 32.3. The third kappa shape index (κ3) is 5.47. The Balaban J connectivity index is 0.00000176. The molecule has 0 spiro atoms. The number of amides is 3. The van der Waals surface area contributed by atoms with Crippen molar-refractivity contribution < 1.29 is 22.8 Å². The normalized spacial score (nSPS) is 15.5. The molecule has 0 saturated carbocycles. The van der Waals surface area contributed by atoms with Crippen molar-refractivity contribution >= 4 is 46.8 Å². The molecule has 32 heavy (non-hydrogen) atoms. The van der Waals surface area contributed by atoms with Crippen LogP contribution in [-0.2, 0) is 11.3 Å². The third-order valence-corrected chi connectivity index (χ3v) is 5.88. The van der Waals surface area contributed by atoms with Crippen LogP contribution in [0.5, 0.6) is 0 Å². The van der Waals surface area contributed by atoms with Crippen LogP contribution >= 0.6 is 23.4 Å². The van der Waals surface area contributed by atoms with Crippen LogP contribution < -0.4 is 10.2 Å². The van der Waals surface area contributed by atoms with Crippen molar-refractivity contribution in [3.63, 3.8) is 0 Å². The number of halogens is 4. The van der Waals surface area contributed by atoms with Gasteiger partial charge in [0, 0.05) is 24.7 Å². The van der Waals surface area contributed by atoms with Crippen molar-refractivity contribution in [1.82, 2.24) is 9.88 Å². The molecule has 3 rings (SSSR count). The van der Waals surface area contributed by atoms with Crippen LogP contribution in [0.1, 0.15) is 33.3 Å². The zero-order valence-corrected chi connectivity index (χ0v) is 19.8. The molecule has 174 valence electrons. The lowest BCUT2D eigenvalue weighted by atomic mass is 10.0. The highest BCUT2D eigenvalue weighted by Crippen LogP contribution is 2.42. The number of anilines is 2. The second-order valence-corrected chi connectivity index (χ2v) is 8.54. The highest BCUT2D eigenvalue weighted by Gasteiger charge is 2.51. The molecule has 2 aromatic rings. The molecule has 1 aromatic carbocycles. The fourth-order valence-corrected chi connectivity index (χ4v) is 3.89. The summed E-state index contributed by atoms with van der Waals surface area (Å²) in [5.41, 5.74) is -4.78. The lowest BCUT2D eigenvalue weighted by molar-refractivity contribution is -0.123. The van der Waals surface area contributed by atoms with Gasteiger partial charge in [0.15, 0.2) is 0 Å². The zero-order valence-electron chi connectivity index (χ0n) is 18.2. The lowest BCUT2D eigenvalue weighted by Gasteiger charge is -2.27. The van der Waals surface area contributed by atoms with Gasteiger partial charge in [-0.05, 0) is 61.5 Å². The quantitative estimate of drug-likeness (QED) is 0.403. The van der Waals surface area contributed by atoms with Crippen molar-refractivity contribution in [3.8, 4) is 0 Å². The fourth-order valence-electron chi connectivity index (χ4n) is 3.06. The van der Waals surface area contributed by atoms with Gasteiger partial charge in [0.05, 0.1) is 10.7 Å². The standard InChI is InChI=1S/C19H18ClF3N4O2S.C2H6/c1-18(2)16(28)27(12-4-5-14(13(20)9-12)30-19(21,22)23)17(29)26(18)10-11-6-7-25-15(8-11)24-3;1-2/h4-9H,10H2,1-3H3,(H,24,25);1-2H3. The summed E-state index contributed by atoms with van der Waals surface area (Å²) in [6.07, 6.45) is 1.59. The summed E-state index contributed by atoms with van der Waals surface area (Å²) < 4.78 is 37.9. The minimum absolute atomic E-state index is 0.114. The Morgan fingerprint density at radius 2 is 1.81 bits per heavy atom. The van der Waals surface area contributed by atoms with Gasteiger partial charge in [-0.3, -0.25) is 4.79 Å². The number of aromatic nitrogens is 1. The van der Waals surface area contributed by atoms with Gasteiger partial charge in [-0.25, -0.2) is 14.7 Å². The van der Waals surface area contributed by atoms with Gasteiger partial charge in [0.1, 0.15) is 11.4 Å². The number of alkyl halides is 3. The number of nitrogens with zero attached hydrogens (tertiary/aromatic N) is 3. The van der Waals surface area contributed by atoms with Gasteiger partial charge in [-0.15, -0.1) is 0 Å². The Morgan fingerprint density at radius 3 is 2.38 bits per heavy atom. The highest BCUT2D eigenvalue weighted by atomic mass is 35.5. The van der Waals surface area contributed by atoms with Crippen LogP contribution in [-0.4, -0.2) is 39.9 Å². The van der Waals surface area contributed by atoms with E-state index in [1.807, 2.05) is 13.8 Å². The van der Waals surface area contributed by atoms with Crippen molar-refractivity contribution in [1.29, 1.82) is 0 Å². The van der Waals surface area contributed by atoms with E-state index in [0.29, 0.717) is 5.82 Å². The lowest BCUT2D eigenvalue weighted by Crippen LogP contribution is -2.43. The molecular weight excluding hydrogens is 465 g/mol. The molecule has 3 amide bonds. The number of carbonyl (C=O) groups is 2. The summed E-state index contributed by atoms with van der Waals surface area (Å²) in [6, 6.07) is 6.53. The summed E-state index contributed by atoms with van der Waals surface area (Å²) >= 11 is 5.63. The van der Waals surface area contributed by atoms with Gasteiger partial charge < -0.3 is 10.2 Å². The van der Waals surface area contributed by atoms with E-state index in [-0.39, 0.29) is 33.9 Å². The molecule has 1 fully saturated rings. The summed E-state index contributed by atoms with van der Waals surface area (Å²) in [6.45, 7) is 7.38. The van der Waals surface area contributed by atoms with Crippen LogP contribution in [0.4, 0.5) is 29.5 Å². The number of imide groups is 1. The molecule has 1 aliphatic heterocycles. The maximum absolute atomic E-state index is 13.1. The molecule has 11 heteroatoms. The maximum atomic E-state index is 13.1. The Morgan fingerprint density at radius 1 is 1.16 bits per heavy atom. The molecule has 0 atom stereocenters. The van der Waals surface area contributed by atoms with E-state index < -0.39 is 23.0 Å². The molecule has 1 N–H and O–H groups in total. The van der Waals surface area contributed by atoms with Crippen molar-refractivity contribution in [2.45, 2.75) is 50.2 Å². The number of benzene rings is 1. The smallest absolute Gasteiger partial charge is 0.373 e. The zero-order chi connectivity index (χ0) is 24.3. The predicted octanol–water partition coefficient (Wildman–Crippen LogP) is 6.16. The molecule has 0 aliphatic carbocycles. The van der Waals surface area contributed by atoms with Gasteiger partial charge >= 0.3 is 11.5 Å². The molecule has 1 aliphatic rings. The number of urea groups is 1. The van der Waals surface area contributed by atoms with E-state index >= 15 is 0 Å². The van der Waals surface area contributed by atoms with Gasteiger partial charge in [-0.2, -0.15) is 13.2 Å². The van der Waals surface area contributed by atoms with Gasteiger partial charge in [0.2, 0.25) is 0 Å². The maximum Gasteiger partial charge on any atom is 0.446 e. The molecule has 1 aromatic heterocycles.